The summed E-state index contributed by atoms with van der Waals surface area (Å²) >= 11 is 8.87. The minimum Gasteiger partial charge on any atom is -0.506 e. The Morgan fingerprint density at radius 3 is 2.66 bits per heavy atom. The molecule has 0 aliphatic heterocycles. The quantitative estimate of drug-likeness (QED) is 0.244. The van der Waals surface area contributed by atoms with Crippen molar-refractivity contribution in [1.82, 2.24) is 0 Å². The minimum atomic E-state index is -0.556. The van der Waals surface area contributed by atoms with Crippen molar-refractivity contribution >= 4 is 63.4 Å². The van der Waals surface area contributed by atoms with Gasteiger partial charge >= 0.3 is 5.97 Å². The second-order valence-electron chi connectivity index (χ2n) is 5.78. The molecule has 0 bridgehead atoms. The van der Waals surface area contributed by atoms with Gasteiger partial charge in [-0.3, -0.25) is 4.79 Å². The smallest absolute Gasteiger partial charge is 0.348 e. The van der Waals surface area contributed by atoms with Gasteiger partial charge in [0.1, 0.15) is 22.8 Å². The predicted octanol–water partition coefficient (Wildman–Crippen LogP) is 4.79. The van der Waals surface area contributed by atoms with Crippen molar-refractivity contribution in [2.75, 3.05) is 6.61 Å². The van der Waals surface area contributed by atoms with Crippen LogP contribution in [0.4, 0.5) is 0 Å². The summed E-state index contributed by atoms with van der Waals surface area (Å²) in [5.74, 6) is -1.19. The van der Waals surface area contributed by atoms with Crippen LogP contribution in [0.2, 0.25) is 5.02 Å². The first kappa shape index (κ1) is 22.9. The Balaban J connectivity index is 2.41. The Bertz CT molecular complexity index is 1110. The Morgan fingerprint density at radius 2 is 2.07 bits per heavy atom. The van der Waals surface area contributed by atoms with Crippen molar-refractivity contribution in [3.8, 4) is 17.9 Å². The molecule has 1 aromatic heterocycles. The van der Waals surface area contributed by atoms with E-state index >= 15 is 0 Å². The monoisotopic (exact) mass is 540 g/mol. The summed E-state index contributed by atoms with van der Waals surface area (Å²) in [4.78, 5) is 25.4. The topological polar surface area (TPSA) is 111 Å². The molecule has 0 saturated carbocycles. The molecule has 29 heavy (non-hydrogen) atoms. The lowest BCUT2D eigenvalue weighted by Crippen LogP contribution is -2.05. The number of phenols is 1. The predicted molar refractivity (Wildman–Crippen MR) is 118 cm³/mol. The average molecular weight is 541 g/mol. The van der Waals surface area contributed by atoms with E-state index in [-0.39, 0.29) is 40.4 Å². The summed E-state index contributed by atoms with van der Waals surface area (Å²) in [6, 6.07) is 6.82. The number of esters is 1. The molecule has 1 N–H and O–H groups in total. The van der Waals surface area contributed by atoms with E-state index in [1.54, 1.807) is 19.9 Å². The van der Waals surface area contributed by atoms with Gasteiger partial charge in [-0.15, -0.1) is 11.3 Å². The van der Waals surface area contributed by atoms with Crippen molar-refractivity contribution < 1.29 is 19.4 Å². The van der Waals surface area contributed by atoms with E-state index in [9.17, 15) is 25.2 Å². The van der Waals surface area contributed by atoms with Gasteiger partial charge < -0.3 is 9.84 Å². The van der Waals surface area contributed by atoms with Gasteiger partial charge in [-0.25, -0.2) is 4.79 Å². The summed E-state index contributed by atoms with van der Waals surface area (Å²) in [6.07, 6.45) is 1.02. The lowest BCUT2D eigenvalue weighted by Gasteiger charge is -2.04. The molecular weight excluding hydrogens is 527 g/mol. The molecular formula is C20H14ClIN2O4S. The van der Waals surface area contributed by atoms with Crippen LogP contribution in [0, 0.1) is 33.2 Å². The average Bonchev–Trinajstić information content (AvgIpc) is 2.98. The number of benzene rings is 1. The number of ketones is 1. The first-order valence-electron chi connectivity index (χ1n) is 8.25. The molecule has 1 heterocycles. The highest BCUT2D eigenvalue weighted by Crippen LogP contribution is 2.32. The molecule has 2 aromatic rings. The first-order valence-corrected chi connectivity index (χ1v) is 10.5. The molecule has 6 nitrogen and oxygen atoms in total. The largest absolute Gasteiger partial charge is 0.506 e. The summed E-state index contributed by atoms with van der Waals surface area (Å²) < 4.78 is 5.46. The molecule has 0 aliphatic carbocycles. The number of carbonyl (C=O) groups is 2. The van der Waals surface area contributed by atoms with Gasteiger partial charge in [0.2, 0.25) is 0 Å². The summed E-state index contributed by atoms with van der Waals surface area (Å²) in [7, 11) is 0. The summed E-state index contributed by atoms with van der Waals surface area (Å²) in [5.41, 5.74) is 0.708. The van der Waals surface area contributed by atoms with E-state index in [2.05, 4.69) is 0 Å². The normalized spacial score (nSPS) is 10.9. The van der Waals surface area contributed by atoms with Crippen molar-refractivity contribution in [3.63, 3.8) is 0 Å². The van der Waals surface area contributed by atoms with Crippen molar-refractivity contribution in [2.45, 2.75) is 20.3 Å². The third-order valence-corrected chi connectivity index (χ3v) is 6.20. The van der Waals surface area contributed by atoms with Crippen molar-refractivity contribution in [2.24, 2.45) is 0 Å². The lowest BCUT2D eigenvalue weighted by molar-refractivity contribution is -0.114. The van der Waals surface area contributed by atoms with E-state index in [1.165, 1.54) is 12.1 Å². The number of nitriles is 2. The van der Waals surface area contributed by atoms with Crippen LogP contribution in [0.25, 0.3) is 6.08 Å². The third kappa shape index (κ3) is 5.15. The standard InChI is InChI=1S/C20H14ClIN2O4S/c1-3-28-20(27)19-10(2)14(9-24)17(29-19)7-16(25)12(8-23)4-11-5-13(21)6-15(22)18(11)26/h4-6,26H,3,7H2,1-2H3/b12-4+. The zero-order valence-corrected chi connectivity index (χ0v) is 19.1. The highest BCUT2D eigenvalue weighted by Gasteiger charge is 2.23. The van der Waals surface area contributed by atoms with Crippen molar-refractivity contribution in [1.29, 1.82) is 10.5 Å². The van der Waals surface area contributed by atoms with Crippen LogP contribution >= 0.6 is 45.5 Å². The zero-order valence-electron chi connectivity index (χ0n) is 15.4. The zero-order chi connectivity index (χ0) is 21.7. The molecule has 0 amide bonds. The number of rotatable bonds is 6. The number of hydrogen-bond donors (Lipinski definition) is 1. The van der Waals surface area contributed by atoms with Gasteiger partial charge in [0, 0.05) is 21.9 Å². The fourth-order valence-electron chi connectivity index (χ4n) is 2.50. The van der Waals surface area contributed by atoms with Crippen LogP contribution in [-0.4, -0.2) is 23.5 Å². The maximum atomic E-state index is 12.7. The summed E-state index contributed by atoms with van der Waals surface area (Å²) in [5, 5.41) is 29.3. The molecule has 0 aliphatic rings. The fourth-order valence-corrected chi connectivity index (χ4v) is 4.71. The van der Waals surface area contributed by atoms with Gasteiger partial charge in [-0.05, 0) is 60.2 Å². The molecule has 9 heteroatoms. The van der Waals surface area contributed by atoms with E-state index in [4.69, 9.17) is 16.3 Å². The van der Waals surface area contributed by atoms with Crippen LogP contribution in [-0.2, 0) is 16.0 Å². The number of nitrogens with zero attached hydrogens (tertiary/aromatic N) is 2. The Labute approximate surface area is 190 Å². The maximum absolute atomic E-state index is 12.7. The number of aromatic hydroxyl groups is 1. The third-order valence-electron chi connectivity index (χ3n) is 3.89. The van der Waals surface area contributed by atoms with Gasteiger partial charge in [0.25, 0.3) is 0 Å². The van der Waals surface area contributed by atoms with Gasteiger partial charge in [-0.2, -0.15) is 10.5 Å². The molecule has 148 valence electrons. The molecule has 0 radical (unpaired) electrons. The molecule has 0 atom stereocenters. The Kier molecular flexibility index (Phi) is 7.80. The molecule has 1 aromatic carbocycles. The minimum absolute atomic E-state index is 0.0928. The van der Waals surface area contributed by atoms with Crippen molar-refractivity contribution in [3.05, 3.63) is 52.7 Å². The number of phenolic OH excluding ortho intramolecular Hbond substituents is 1. The molecule has 0 fully saturated rings. The van der Waals surface area contributed by atoms with E-state index in [0.29, 0.717) is 19.0 Å². The van der Waals surface area contributed by atoms with E-state index in [1.807, 2.05) is 34.7 Å². The van der Waals surface area contributed by atoms with Crippen LogP contribution < -0.4 is 0 Å². The molecule has 2 rings (SSSR count). The van der Waals surface area contributed by atoms with E-state index < -0.39 is 11.8 Å². The van der Waals surface area contributed by atoms with Crippen LogP contribution in [0.5, 0.6) is 5.75 Å². The number of hydrogen-bond acceptors (Lipinski definition) is 7. The highest BCUT2D eigenvalue weighted by molar-refractivity contribution is 14.1. The number of halogens is 2. The van der Waals surface area contributed by atoms with Crippen LogP contribution in [0.1, 0.15) is 38.2 Å². The number of allylic oxidation sites excluding steroid dienone is 1. The van der Waals surface area contributed by atoms with E-state index in [0.717, 1.165) is 11.3 Å². The van der Waals surface area contributed by atoms with Gasteiger partial charge in [0.05, 0.1) is 21.3 Å². The lowest BCUT2D eigenvalue weighted by atomic mass is 10.0. The maximum Gasteiger partial charge on any atom is 0.348 e. The SMILES string of the molecule is CCOC(=O)c1sc(CC(=O)/C(C#N)=C/c2cc(Cl)cc(I)c2O)c(C#N)c1C. The molecule has 0 unspecified atom stereocenters. The second kappa shape index (κ2) is 9.88. The molecule has 0 spiro atoms. The Hall–Kier alpha value is -2.40. The van der Waals surface area contributed by atoms with Crippen LogP contribution in [0.3, 0.4) is 0 Å². The van der Waals surface area contributed by atoms with Gasteiger partial charge in [0.15, 0.2) is 5.78 Å². The number of carbonyl (C=O) groups excluding carboxylic acids is 2. The highest BCUT2D eigenvalue weighted by atomic mass is 127. The molecule has 0 saturated heterocycles. The summed E-state index contributed by atoms with van der Waals surface area (Å²) in [6.45, 7) is 3.48. The second-order valence-corrected chi connectivity index (χ2v) is 8.49. The van der Waals surface area contributed by atoms with Gasteiger partial charge in [-0.1, -0.05) is 11.6 Å². The number of ether oxygens (including phenoxy) is 1. The first-order chi connectivity index (χ1) is 13.7. The number of thiophene rings is 1. The fraction of sp³-hybridized carbons (Fsp3) is 0.200. The van der Waals surface area contributed by atoms with Crippen LogP contribution in [0.15, 0.2) is 17.7 Å². The number of Topliss-reactive ketones (excluding diaryl/α,β-unsaturated/α-hetero) is 1. The Morgan fingerprint density at radius 1 is 1.38 bits per heavy atom.